The Bertz CT molecular complexity index is 303. The Morgan fingerprint density at radius 2 is 2.20 bits per heavy atom. The molecule has 1 aliphatic heterocycles. The van der Waals surface area contributed by atoms with Gasteiger partial charge in [0.05, 0.1) is 0 Å². The lowest BCUT2D eigenvalue weighted by Gasteiger charge is -2.24. The van der Waals surface area contributed by atoms with Crippen molar-refractivity contribution in [3.8, 4) is 0 Å². The van der Waals surface area contributed by atoms with Crippen LogP contribution in [-0.4, -0.2) is 19.1 Å². The van der Waals surface area contributed by atoms with Crippen LogP contribution in [0.4, 0.5) is 5.69 Å². The molecule has 2 N–H and O–H groups in total. The van der Waals surface area contributed by atoms with Crippen LogP contribution in [0.5, 0.6) is 0 Å². The molecule has 82 valence electrons. The third-order valence-corrected chi connectivity index (χ3v) is 3.10. The fourth-order valence-corrected chi connectivity index (χ4v) is 2.10. The van der Waals surface area contributed by atoms with Crippen molar-refractivity contribution in [3.05, 3.63) is 29.8 Å². The first-order chi connectivity index (χ1) is 7.36. The second-order valence-electron chi connectivity index (χ2n) is 4.34. The maximum absolute atomic E-state index is 3.55. The van der Waals surface area contributed by atoms with Gasteiger partial charge in [-0.05, 0) is 37.9 Å². The van der Waals surface area contributed by atoms with Gasteiger partial charge in [0.25, 0.3) is 0 Å². The summed E-state index contributed by atoms with van der Waals surface area (Å²) in [6, 6.07) is 9.12. The zero-order valence-electron chi connectivity index (χ0n) is 9.42. The van der Waals surface area contributed by atoms with Crippen LogP contribution in [0.25, 0.3) is 0 Å². The fourth-order valence-electron chi connectivity index (χ4n) is 2.10. The Labute approximate surface area is 92.1 Å². The van der Waals surface area contributed by atoms with Crippen molar-refractivity contribution in [2.24, 2.45) is 0 Å². The summed E-state index contributed by atoms with van der Waals surface area (Å²) in [7, 11) is 0. The summed E-state index contributed by atoms with van der Waals surface area (Å²) in [5.74, 6) is 0. The molecule has 0 amide bonds. The molecule has 2 nitrogen and oxygen atoms in total. The van der Waals surface area contributed by atoms with Crippen molar-refractivity contribution in [2.45, 2.75) is 32.2 Å². The van der Waals surface area contributed by atoms with Gasteiger partial charge in [0, 0.05) is 18.3 Å². The van der Waals surface area contributed by atoms with E-state index in [2.05, 4.69) is 41.8 Å². The number of rotatable bonds is 3. The van der Waals surface area contributed by atoms with E-state index in [1.807, 2.05) is 0 Å². The highest BCUT2D eigenvalue weighted by Gasteiger charge is 2.11. The molecule has 1 aromatic carbocycles. The highest BCUT2D eigenvalue weighted by atomic mass is 15.0. The molecular formula is C13H20N2. The zero-order valence-corrected chi connectivity index (χ0v) is 9.42. The smallest absolute Gasteiger partial charge is 0.0370 e. The van der Waals surface area contributed by atoms with E-state index in [0.29, 0.717) is 6.04 Å². The molecule has 1 aromatic rings. The minimum absolute atomic E-state index is 0.651. The number of anilines is 1. The second kappa shape index (κ2) is 5.17. The molecule has 0 bridgehead atoms. The van der Waals surface area contributed by atoms with Gasteiger partial charge in [-0.3, -0.25) is 0 Å². The van der Waals surface area contributed by atoms with E-state index in [4.69, 9.17) is 0 Å². The first-order valence-electron chi connectivity index (χ1n) is 5.89. The maximum Gasteiger partial charge on any atom is 0.0370 e. The van der Waals surface area contributed by atoms with Crippen molar-refractivity contribution in [2.75, 3.05) is 18.4 Å². The van der Waals surface area contributed by atoms with Crippen molar-refractivity contribution in [3.63, 3.8) is 0 Å². The Kier molecular flexibility index (Phi) is 3.62. The Balaban J connectivity index is 1.84. The van der Waals surface area contributed by atoms with E-state index in [1.165, 1.54) is 37.1 Å². The molecule has 15 heavy (non-hydrogen) atoms. The van der Waals surface area contributed by atoms with E-state index >= 15 is 0 Å². The van der Waals surface area contributed by atoms with Crippen molar-refractivity contribution in [1.82, 2.24) is 5.32 Å². The molecule has 1 saturated heterocycles. The van der Waals surface area contributed by atoms with Gasteiger partial charge in [-0.15, -0.1) is 0 Å². The third kappa shape index (κ3) is 2.96. The minimum Gasteiger partial charge on any atom is -0.383 e. The summed E-state index contributed by atoms with van der Waals surface area (Å²) in [5.41, 5.74) is 2.60. The standard InChI is InChI=1S/C13H20N2/c1-11-6-2-3-8-13(11)15-10-12-7-4-5-9-14-12/h2-3,6,8,12,14-15H,4-5,7,9-10H2,1H3. The largest absolute Gasteiger partial charge is 0.383 e. The highest BCUT2D eigenvalue weighted by molar-refractivity contribution is 5.50. The number of hydrogen-bond donors (Lipinski definition) is 2. The number of benzene rings is 1. The van der Waals surface area contributed by atoms with E-state index in [9.17, 15) is 0 Å². The molecule has 2 heteroatoms. The highest BCUT2D eigenvalue weighted by Crippen LogP contribution is 2.14. The van der Waals surface area contributed by atoms with Crippen LogP contribution in [0.2, 0.25) is 0 Å². The quantitative estimate of drug-likeness (QED) is 0.790. The molecule has 1 fully saturated rings. The number of aryl methyl sites for hydroxylation is 1. The minimum atomic E-state index is 0.651. The van der Waals surface area contributed by atoms with E-state index in [0.717, 1.165) is 6.54 Å². The fraction of sp³-hybridized carbons (Fsp3) is 0.538. The van der Waals surface area contributed by atoms with Gasteiger partial charge in [0.1, 0.15) is 0 Å². The summed E-state index contributed by atoms with van der Waals surface area (Å²) < 4.78 is 0. The number of nitrogens with one attached hydrogen (secondary N) is 2. The summed E-state index contributed by atoms with van der Waals surface area (Å²) in [5, 5.41) is 7.07. The first kappa shape index (κ1) is 10.5. The lowest BCUT2D eigenvalue weighted by Crippen LogP contribution is -2.39. The van der Waals surface area contributed by atoms with Gasteiger partial charge in [0.2, 0.25) is 0 Å². The molecule has 0 spiro atoms. The Morgan fingerprint density at radius 1 is 1.33 bits per heavy atom. The predicted molar refractivity (Wildman–Crippen MR) is 65.3 cm³/mol. The molecule has 1 unspecified atom stereocenters. The molecular weight excluding hydrogens is 184 g/mol. The van der Waals surface area contributed by atoms with Crippen molar-refractivity contribution >= 4 is 5.69 Å². The van der Waals surface area contributed by atoms with Crippen molar-refractivity contribution < 1.29 is 0 Å². The summed E-state index contributed by atoms with van der Waals surface area (Å²) in [4.78, 5) is 0. The van der Waals surface area contributed by atoms with Crippen LogP contribution >= 0.6 is 0 Å². The predicted octanol–water partition coefficient (Wildman–Crippen LogP) is 2.55. The lowest BCUT2D eigenvalue weighted by molar-refractivity contribution is 0.414. The first-order valence-corrected chi connectivity index (χ1v) is 5.89. The van der Waals surface area contributed by atoms with Crippen LogP contribution in [0.1, 0.15) is 24.8 Å². The van der Waals surface area contributed by atoms with Gasteiger partial charge in [-0.2, -0.15) is 0 Å². The van der Waals surface area contributed by atoms with Crippen LogP contribution in [0.15, 0.2) is 24.3 Å². The Hall–Kier alpha value is -1.02. The molecule has 1 atom stereocenters. The van der Waals surface area contributed by atoms with Gasteiger partial charge in [0.15, 0.2) is 0 Å². The second-order valence-corrected chi connectivity index (χ2v) is 4.34. The van der Waals surface area contributed by atoms with Crippen LogP contribution < -0.4 is 10.6 Å². The number of hydrogen-bond acceptors (Lipinski definition) is 2. The number of para-hydroxylation sites is 1. The average Bonchev–Trinajstić information content (AvgIpc) is 2.29. The molecule has 1 heterocycles. The normalized spacial score (nSPS) is 21.3. The summed E-state index contributed by atoms with van der Waals surface area (Å²) in [6.07, 6.45) is 4.01. The summed E-state index contributed by atoms with van der Waals surface area (Å²) >= 11 is 0. The average molecular weight is 204 g/mol. The number of piperidine rings is 1. The van der Waals surface area contributed by atoms with Gasteiger partial charge < -0.3 is 10.6 Å². The van der Waals surface area contributed by atoms with Crippen LogP contribution in [-0.2, 0) is 0 Å². The SMILES string of the molecule is Cc1ccccc1NCC1CCCCN1. The molecule has 0 aliphatic carbocycles. The monoisotopic (exact) mass is 204 g/mol. The van der Waals surface area contributed by atoms with Gasteiger partial charge >= 0.3 is 0 Å². The van der Waals surface area contributed by atoms with E-state index in [-0.39, 0.29) is 0 Å². The lowest BCUT2D eigenvalue weighted by atomic mass is 10.0. The third-order valence-electron chi connectivity index (χ3n) is 3.10. The zero-order chi connectivity index (χ0) is 10.5. The van der Waals surface area contributed by atoms with Crippen molar-refractivity contribution in [1.29, 1.82) is 0 Å². The van der Waals surface area contributed by atoms with E-state index in [1.54, 1.807) is 0 Å². The topological polar surface area (TPSA) is 24.1 Å². The molecule has 0 aromatic heterocycles. The van der Waals surface area contributed by atoms with Gasteiger partial charge in [-0.1, -0.05) is 24.6 Å². The Morgan fingerprint density at radius 3 is 2.93 bits per heavy atom. The van der Waals surface area contributed by atoms with E-state index < -0.39 is 0 Å². The van der Waals surface area contributed by atoms with Gasteiger partial charge in [-0.25, -0.2) is 0 Å². The molecule has 0 saturated carbocycles. The molecule has 2 rings (SSSR count). The van der Waals surface area contributed by atoms with Crippen LogP contribution in [0, 0.1) is 6.92 Å². The molecule has 0 radical (unpaired) electrons. The van der Waals surface area contributed by atoms with Crippen LogP contribution in [0.3, 0.4) is 0 Å². The summed E-state index contributed by atoms with van der Waals surface area (Å²) in [6.45, 7) is 4.38. The molecule has 1 aliphatic rings. The maximum atomic E-state index is 3.55.